The number of nitrogens with one attached hydrogen (secondary N) is 3. The Labute approximate surface area is 307 Å². The number of Topliss-reactive ketones (excluding diaryl/α,β-unsaturated/α-hetero) is 2. The van der Waals surface area contributed by atoms with Crippen molar-refractivity contribution in [3.8, 4) is 0 Å². The van der Waals surface area contributed by atoms with E-state index in [1.54, 1.807) is 20.8 Å². The quantitative estimate of drug-likeness (QED) is 0.0874. The molecule has 0 heterocycles. The molecule has 0 radical (unpaired) electrons. The van der Waals surface area contributed by atoms with Crippen LogP contribution < -0.4 is 21.7 Å². The molecular formula is C35H58F6N4O8. The summed E-state index contributed by atoms with van der Waals surface area (Å²) in [6, 6.07) is -1.71. The van der Waals surface area contributed by atoms with Gasteiger partial charge in [0.1, 0.15) is 32.0 Å². The summed E-state index contributed by atoms with van der Waals surface area (Å²) in [6.07, 6.45) is 0.330. The van der Waals surface area contributed by atoms with E-state index in [0.717, 1.165) is 51.4 Å². The van der Waals surface area contributed by atoms with Gasteiger partial charge >= 0.3 is 18.4 Å². The van der Waals surface area contributed by atoms with Crippen LogP contribution in [0.4, 0.5) is 31.1 Å². The first kappa shape index (κ1) is 48.0. The molecule has 2 aliphatic carbocycles. The first-order valence-electron chi connectivity index (χ1n) is 18.3. The van der Waals surface area contributed by atoms with Gasteiger partial charge < -0.3 is 35.9 Å². The molecule has 0 saturated heterocycles. The second-order valence-electron chi connectivity index (χ2n) is 14.4. The third kappa shape index (κ3) is 24.1. The largest absolute Gasteiger partial charge is 0.444 e. The van der Waals surface area contributed by atoms with Gasteiger partial charge in [-0.1, -0.05) is 25.7 Å². The molecule has 0 spiro atoms. The lowest BCUT2D eigenvalue weighted by molar-refractivity contribution is -0.176. The smallest absolute Gasteiger partial charge is 0.411 e. The number of rotatable bonds is 21. The number of alkyl halides is 6. The number of alkyl carbamates (subject to hydrolysis) is 1. The molecule has 0 aromatic carbocycles. The second kappa shape index (κ2) is 24.4. The summed E-state index contributed by atoms with van der Waals surface area (Å²) in [6.45, 7) is 1.67. The van der Waals surface area contributed by atoms with E-state index in [-0.39, 0.29) is 30.1 Å². The number of halogens is 6. The number of carbonyl (C=O) groups is 5. The van der Waals surface area contributed by atoms with Crippen LogP contribution in [-0.4, -0.2) is 99.0 Å². The van der Waals surface area contributed by atoms with Gasteiger partial charge in [0.2, 0.25) is 11.8 Å². The highest BCUT2D eigenvalue weighted by Gasteiger charge is 2.32. The Bertz CT molecular complexity index is 1120. The molecule has 3 amide bonds. The molecule has 0 aromatic heterocycles. The maximum atomic E-state index is 12.3. The average molecular weight is 777 g/mol. The Kier molecular flexibility index (Phi) is 22.1. The van der Waals surface area contributed by atoms with Gasteiger partial charge in [-0.25, -0.2) is 4.79 Å². The first-order valence-corrected chi connectivity index (χ1v) is 18.3. The second-order valence-corrected chi connectivity index (χ2v) is 14.4. The summed E-state index contributed by atoms with van der Waals surface area (Å²) in [5, 5.41) is 7.95. The lowest BCUT2D eigenvalue weighted by Gasteiger charge is -2.21. The summed E-state index contributed by atoms with van der Waals surface area (Å²) < 4.78 is 86.8. The van der Waals surface area contributed by atoms with E-state index < -0.39 is 74.1 Å². The van der Waals surface area contributed by atoms with Crippen molar-refractivity contribution in [3.05, 3.63) is 0 Å². The van der Waals surface area contributed by atoms with E-state index in [1.165, 1.54) is 0 Å². The Hall–Kier alpha value is -2.99. The number of amides is 3. The van der Waals surface area contributed by atoms with E-state index in [4.69, 9.17) is 10.5 Å². The Morgan fingerprint density at radius 3 is 1.42 bits per heavy atom. The lowest BCUT2D eigenvalue weighted by Crippen LogP contribution is -2.45. The van der Waals surface area contributed by atoms with Gasteiger partial charge in [-0.2, -0.15) is 26.3 Å². The summed E-state index contributed by atoms with van der Waals surface area (Å²) in [5.41, 5.74) is 4.79. The maximum absolute atomic E-state index is 12.3. The van der Waals surface area contributed by atoms with Crippen LogP contribution in [0.15, 0.2) is 0 Å². The van der Waals surface area contributed by atoms with Crippen molar-refractivity contribution < 1.29 is 64.5 Å². The van der Waals surface area contributed by atoms with Crippen molar-refractivity contribution in [2.45, 2.75) is 141 Å². The zero-order chi connectivity index (χ0) is 40.1. The van der Waals surface area contributed by atoms with Crippen molar-refractivity contribution >= 4 is 29.5 Å². The van der Waals surface area contributed by atoms with Gasteiger partial charge in [0.05, 0.1) is 12.1 Å². The molecule has 2 aliphatic rings. The molecular weight excluding hydrogens is 718 g/mol. The molecule has 53 heavy (non-hydrogen) atoms. The highest BCUT2D eigenvalue weighted by Crippen LogP contribution is 2.26. The normalized spacial score (nSPS) is 16.6. The molecule has 5 N–H and O–H groups in total. The van der Waals surface area contributed by atoms with E-state index >= 15 is 0 Å². The number of nitrogens with two attached hydrogens (primary N) is 1. The van der Waals surface area contributed by atoms with Crippen LogP contribution in [0.5, 0.6) is 0 Å². The first-order chi connectivity index (χ1) is 24.7. The Morgan fingerprint density at radius 1 is 0.660 bits per heavy atom. The summed E-state index contributed by atoms with van der Waals surface area (Å²) in [5.74, 6) is -1.82. The van der Waals surface area contributed by atoms with E-state index in [1.807, 2.05) is 0 Å². The van der Waals surface area contributed by atoms with Crippen LogP contribution in [0.2, 0.25) is 0 Å². The number of carbonyl (C=O) groups excluding carboxylic acids is 5. The Morgan fingerprint density at radius 2 is 1.06 bits per heavy atom. The minimum Gasteiger partial charge on any atom is -0.444 e. The van der Waals surface area contributed by atoms with Crippen LogP contribution in [0.3, 0.4) is 0 Å². The van der Waals surface area contributed by atoms with Crippen molar-refractivity contribution in [2.24, 2.45) is 17.6 Å². The number of ketones is 2. The predicted molar refractivity (Wildman–Crippen MR) is 183 cm³/mol. The molecule has 0 unspecified atom stereocenters. The maximum Gasteiger partial charge on any atom is 0.411 e. The highest BCUT2D eigenvalue weighted by atomic mass is 19.4. The highest BCUT2D eigenvalue weighted by molar-refractivity contribution is 5.91. The van der Waals surface area contributed by atoms with Crippen LogP contribution in [0.25, 0.3) is 0 Å². The molecule has 0 aliphatic heterocycles. The number of hydrogen-bond acceptors (Lipinski definition) is 9. The number of ether oxygens (including phenoxy) is 3. The van der Waals surface area contributed by atoms with Crippen LogP contribution in [-0.2, 0) is 33.4 Å². The zero-order valence-corrected chi connectivity index (χ0v) is 31.1. The number of hydrogen-bond donors (Lipinski definition) is 4. The van der Waals surface area contributed by atoms with Crippen molar-refractivity contribution in [1.82, 2.24) is 16.0 Å². The van der Waals surface area contributed by atoms with Crippen LogP contribution in [0.1, 0.15) is 111 Å². The SMILES string of the molecule is CC(C)(C)OC(=O)NCCCC[C@H](NC(=O)C1CCCC1)C(=O)COCC(F)(F)F.NCCCC[C@H](NC(=O)C1CCCC1)C(=O)COCC(F)(F)F. The fourth-order valence-corrected chi connectivity index (χ4v) is 5.79. The van der Waals surface area contributed by atoms with Crippen molar-refractivity contribution in [3.63, 3.8) is 0 Å². The monoisotopic (exact) mass is 776 g/mol. The molecule has 0 bridgehead atoms. The zero-order valence-electron chi connectivity index (χ0n) is 31.1. The molecule has 2 rings (SSSR count). The molecule has 308 valence electrons. The molecule has 2 fully saturated rings. The van der Waals surface area contributed by atoms with Gasteiger partial charge in [-0.3, -0.25) is 19.2 Å². The third-order valence-corrected chi connectivity index (χ3v) is 8.42. The molecule has 2 saturated carbocycles. The minimum absolute atomic E-state index is 0.101. The van der Waals surface area contributed by atoms with Crippen molar-refractivity contribution in [1.29, 1.82) is 0 Å². The minimum atomic E-state index is -4.52. The van der Waals surface area contributed by atoms with Crippen molar-refractivity contribution in [2.75, 3.05) is 39.5 Å². The van der Waals surface area contributed by atoms with Gasteiger partial charge in [0.25, 0.3) is 0 Å². The Balaban J connectivity index is 0.000000549. The molecule has 18 heteroatoms. The molecule has 2 atom stereocenters. The molecule has 0 aromatic rings. The summed E-state index contributed by atoms with van der Waals surface area (Å²) in [4.78, 5) is 60.4. The van der Waals surface area contributed by atoms with E-state index in [2.05, 4.69) is 25.4 Å². The summed E-state index contributed by atoms with van der Waals surface area (Å²) >= 11 is 0. The average Bonchev–Trinajstić information content (AvgIpc) is 3.77. The van der Waals surface area contributed by atoms with Gasteiger partial charge in [0.15, 0.2) is 11.6 Å². The van der Waals surface area contributed by atoms with Gasteiger partial charge in [-0.15, -0.1) is 0 Å². The van der Waals surface area contributed by atoms with Crippen LogP contribution >= 0.6 is 0 Å². The molecule has 12 nitrogen and oxygen atoms in total. The fourth-order valence-electron chi connectivity index (χ4n) is 5.79. The van der Waals surface area contributed by atoms with Gasteiger partial charge in [0, 0.05) is 18.4 Å². The van der Waals surface area contributed by atoms with Gasteiger partial charge in [-0.05, 0) is 91.5 Å². The predicted octanol–water partition coefficient (Wildman–Crippen LogP) is 5.44. The topological polar surface area (TPSA) is 175 Å². The summed E-state index contributed by atoms with van der Waals surface area (Å²) in [7, 11) is 0. The standard InChI is InChI=1S/C20H33F3N2O5.C15H25F3N2O3/c1-19(2,3)30-18(28)24-11-7-6-10-15(16(26)12-29-13-20(21,22)23)25-17(27)14-8-4-5-9-14;16-15(17,18)10-23-9-13(21)12(7-3-4-8-19)20-14(22)11-5-1-2-6-11/h14-15H,4-13H2,1-3H3,(H,24,28)(H,25,27);11-12H,1-10,19H2,(H,20,22)/t15-;12-/m00/s1. The lowest BCUT2D eigenvalue weighted by atomic mass is 10.0. The van der Waals surface area contributed by atoms with E-state index in [9.17, 15) is 50.3 Å². The third-order valence-electron chi connectivity index (χ3n) is 8.42. The van der Waals surface area contributed by atoms with Crippen LogP contribution in [0, 0.1) is 11.8 Å². The van der Waals surface area contributed by atoms with E-state index in [0.29, 0.717) is 45.2 Å². The number of unbranched alkanes of at least 4 members (excludes halogenated alkanes) is 2. The fraction of sp³-hybridized carbons (Fsp3) is 0.857.